The van der Waals surface area contributed by atoms with Gasteiger partial charge in [-0.1, -0.05) is 0 Å². The zero-order valence-corrected chi connectivity index (χ0v) is 14.2. The second-order valence-electron chi connectivity index (χ2n) is 6.40. The Labute approximate surface area is 146 Å². The summed E-state index contributed by atoms with van der Waals surface area (Å²) in [7, 11) is 0. The molecule has 132 valence electrons. The quantitative estimate of drug-likeness (QED) is 0.736. The van der Waals surface area contributed by atoms with E-state index in [2.05, 4.69) is 10.2 Å². The average Bonchev–Trinajstić information content (AvgIpc) is 2.63. The van der Waals surface area contributed by atoms with Gasteiger partial charge in [-0.25, -0.2) is 8.78 Å². The molecule has 2 aromatic rings. The van der Waals surface area contributed by atoms with Crippen LogP contribution in [0.2, 0.25) is 0 Å². The number of nitrogens with two attached hydrogens (primary N) is 1. The maximum Gasteiger partial charge on any atom is 0.153 e. The summed E-state index contributed by atoms with van der Waals surface area (Å²) in [6.07, 6.45) is 2.89. The standard InChI is InChI=1S/C19H22F2N4/c1-12-17(20)10-13(11-22)19(18(12)21)24-15-2-4-16(5-3-15)25-8-6-14(23)7-9-25/h2-5,10-11,14,22,24H,6-9,23H2,1H3. The second kappa shape index (κ2) is 7.19. The second-order valence-corrected chi connectivity index (χ2v) is 6.40. The molecule has 1 aliphatic heterocycles. The maximum atomic E-state index is 14.4. The Morgan fingerprint density at radius 3 is 2.44 bits per heavy atom. The molecule has 3 rings (SSSR count). The first-order valence-electron chi connectivity index (χ1n) is 8.36. The van der Waals surface area contributed by atoms with E-state index in [-0.39, 0.29) is 22.9 Å². The van der Waals surface area contributed by atoms with Gasteiger partial charge in [-0.2, -0.15) is 0 Å². The van der Waals surface area contributed by atoms with Crippen LogP contribution >= 0.6 is 0 Å². The fraction of sp³-hybridized carbons (Fsp3) is 0.316. The number of piperidine rings is 1. The topological polar surface area (TPSA) is 65.1 Å². The highest BCUT2D eigenvalue weighted by atomic mass is 19.1. The van der Waals surface area contributed by atoms with Gasteiger partial charge in [0.25, 0.3) is 0 Å². The van der Waals surface area contributed by atoms with Crippen LogP contribution in [0.5, 0.6) is 0 Å². The number of anilines is 3. The van der Waals surface area contributed by atoms with Crippen molar-refractivity contribution in [3.05, 3.63) is 53.1 Å². The third-order valence-corrected chi connectivity index (χ3v) is 4.67. The average molecular weight is 344 g/mol. The summed E-state index contributed by atoms with van der Waals surface area (Å²) in [5, 5.41) is 10.3. The number of hydrogen-bond donors (Lipinski definition) is 3. The van der Waals surface area contributed by atoms with Crippen LogP contribution in [0.4, 0.5) is 25.8 Å². The van der Waals surface area contributed by atoms with E-state index in [1.807, 2.05) is 24.3 Å². The van der Waals surface area contributed by atoms with Crippen LogP contribution in [-0.2, 0) is 0 Å². The molecule has 25 heavy (non-hydrogen) atoms. The third kappa shape index (κ3) is 3.64. The zero-order chi connectivity index (χ0) is 18.0. The van der Waals surface area contributed by atoms with E-state index in [4.69, 9.17) is 11.1 Å². The first-order chi connectivity index (χ1) is 12.0. The molecule has 0 amide bonds. The molecule has 0 saturated carbocycles. The molecule has 0 aliphatic carbocycles. The third-order valence-electron chi connectivity index (χ3n) is 4.67. The Morgan fingerprint density at radius 2 is 1.84 bits per heavy atom. The van der Waals surface area contributed by atoms with Crippen molar-refractivity contribution in [3.63, 3.8) is 0 Å². The number of halogens is 2. The maximum absolute atomic E-state index is 14.4. The molecule has 4 nitrogen and oxygen atoms in total. The van der Waals surface area contributed by atoms with Gasteiger partial charge in [-0.3, -0.25) is 0 Å². The Bertz CT molecular complexity index is 766. The summed E-state index contributed by atoms with van der Waals surface area (Å²) in [4.78, 5) is 2.28. The molecule has 1 saturated heterocycles. The molecule has 0 atom stereocenters. The largest absolute Gasteiger partial charge is 0.371 e. The fourth-order valence-corrected chi connectivity index (χ4v) is 3.03. The highest BCUT2D eigenvalue weighted by Crippen LogP contribution is 2.29. The van der Waals surface area contributed by atoms with Crippen molar-refractivity contribution in [3.8, 4) is 0 Å². The van der Waals surface area contributed by atoms with Crippen molar-refractivity contribution in [2.45, 2.75) is 25.8 Å². The molecule has 0 bridgehead atoms. The number of rotatable bonds is 4. The fourth-order valence-electron chi connectivity index (χ4n) is 3.03. The van der Waals surface area contributed by atoms with Gasteiger partial charge in [0.15, 0.2) is 5.82 Å². The predicted octanol–water partition coefficient (Wildman–Crippen LogP) is 3.94. The van der Waals surface area contributed by atoms with Crippen molar-refractivity contribution in [2.24, 2.45) is 5.73 Å². The van der Waals surface area contributed by atoms with Gasteiger partial charge in [0.1, 0.15) is 5.82 Å². The van der Waals surface area contributed by atoms with Gasteiger partial charge < -0.3 is 21.4 Å². The van der Waals surface area contributed by atoms with Crippen molar-refractivity contribution in [1.29, 1.82) is 5.41 Å². The summed E-state index contributed by atoms with van der Waals surface area (Å²) in [6, 6.07) is 9.10. The van der Waals surface area contributed by atoms with Gasteiger partial charge in [0, 0.05) is 47.8 Å². The highest BCUT2D eigenvalue weighted by molar-refractivity contribution is 5.88. The van der Waals surface area contributed by atoms with Crippen molar-refractivity contribution in [2.75, 3.05) is 23.3 Å². The summed E-state index contributed by atoms with van der Waals surface area (Å²) < 4.78 is 28.0. The molecule has 0 spiro atoms. The monoisotopic (exact) mass is 344 g/mol. The van der Waals surface area contributed by atoms with Crippen molar-refractivity contribution >= 4 is 23.3 Å². The Balaban J connectivity index is 1.80. The molecule has 4 N–H and O–H groups in total. The molecule has 1 aliphatic rings. The van der Waals surface area contributed by atoms with Gasteiger partial charge in [-0.15, -0.1) is 0 Å². The van der Waals surface area contributed by atoms with Crippen molar-refractivity contribution in [1.82, 2.24) is 0 Å². The molecule has 1 heterocycles. The van der Waals surface area contributed by atoms with Crippen molar-refractivity contribution < 1.29 is 8.78 Å². The molecular weight excluding hydrogens is 322 g/mol. The SMILES string of the molecule is Cc1c(F)cc(C=N)c(Nc2ccc(N3CCC(N)CC3)cc2)c1F. The molecule has 6 heteroatoms. The number of nitrogens with zero attached hydrogens (tertiary/aromatic N) is 1. The molecule has 0 aromatic heterocycles. The van der Waals surface area contributed by atoms with E-state index in [0.717, 1.165) is 37.8 Å². The molecule has 1 fully saturated rings. The van der Waals surface area contributed by atoms with Gasteiger partial charge in [0.05, 0.1) is 5.69 Å². The minimum atomic E-state index is -0.674. The van der Waals surface area contributed by atoms with E-state index in [1.54, 1.807) is 0 Å². The van der Waals surface area contributed by atoms with E-state index in [1.165, 1.54) is 13.0 Å². The summed E-state index contributed by atoms with van der Waals surface area (Å²) in [5.41, 5.74) is 7.95. The summed E-state index contributed by atoms with van der Waals surface area (Å²) in [5.74, 6) is -1.33. The molecule has 0 radical (unpaired) electrons. The smallest absolute Gasteiger partial charge is 0.153 e. The van der Waals surface area contributed by atoms with Crippen LogP contribution in [0, 0.1) is 24.0 Å². The van der Waals surface area contributed by atoms with Crippen LogP contribution in [0.3, 0.4) is 0 Å². The lowest BCUT2D eigenvalue weighted by Gasteiger charge is -2.32. The molecular formula is C19H22F2N4. The normalized spacial score (nSPS) is 15.3. The van der Waals surface area contributed by atoms with Crippen LogP contribution in [0.25, 0.3) is 0 Å². The zero-order valence-electron chi connectivity index (χ0n) is 14.2. The minimum Gasteiger partial charge on any atom is -0.371 e. The predicted molar refractivity (Wildman–Crippen MR) is 98.1 cm³/mol. The van der Waals surface area contributed by atoms with Crippen LogP contribution in [0.1, 0.15) is 24.0 Å². The Hall–Kier alpha value is -2.47. The van der Waals surface area contributed by atoms with E-state index >= 15 is 0 Å². The summed E-state index contributed by atoms with van der Waals surface area (Å²) >= 11 is 0. The van der Waals surface area contributed by atoms with Crippen LogP contribution < -0.4 is 16.0 Å². The van der Waals surface area contributed by atoms with E-state index in [0.29, 0.717) is 5.69 Å². The van der Waals surface area contributed by atoms with Gasteiger partial charge in [0.2, 0.25) is 0 Å². The Kier molecular flexibility index (Phi) is 4.99. The number of nitrogens with one attached hydrogen (secondary N) is 2. The number of benzene rings is 2. The summed E-state index contributed by atoms with van der Waals surface area (Å²) in [6.45, 7) is 3.24. The Morgan fingerprint density at radius 1 is 1.20 bits per heavy atom. The van der Waals surface area contributed by atoms with E-state index in [9.17, 15) is 8.78 Å². The van der Waals surface area contributed by atoms with Gasteiger partial charge >= 0.3 is 0 Å². The van der Waals surface area contributed by atoms with Gasteiger partial charge in [-0.05, 0) is 50.1 Å². The molecule has 0 unspecified atom stereocenters. The highest BCUT2D eigenvalue weighted by Gasteiger charge is 2.17. The van der Waals surface area contributed by atoms with Crippen LogP contribution in [-0.4, -0.2) is 25.3 Å². The first kappa shape index (κ1) is 17.4. The lowest BCUT2D eigenvalue weighted by molar-refractivity contribution is 0.501. The van der Waals surface area contributed by atoms with E-state index < -0.39 is 11.6 Å². The lowest BCUT2D eigenvalue weighted by Crippen LogP contribution is -2.39. The minimum absolute atomic E-state index is 0.0608. The van der Waals surface area contributed by atoms with Crippen LogP contribution in [0.15, 0.2) is 30.3 Å². The first-order valence-corrected chi connectivity index (χ1v) is 8.36. The molecule has 2 aromatic carbocycles. The number of hydrogen-bond acceptors (Lipinski definition) is 4. The lowest BCUT2D eigenvalue weighted by atomic mass is 10.1.